The van der Waals surface area contributed by atoms with Crippen LogP contribution >= 0.6 is 11.3 Å². The Hall–Kier alpha value is -2.32. The number of nitrogens with one attached hydrogen (secondary N) is 1. The molecule has 1 aromatic carbocycles. The molecule has 2 aromatic heterocycles. The maximum Gasteiger partial charge on any atom is 0.225 e. The van der Waals surface area contributed by atoms with Gasteiger partial charge in [0.15, 0.2) is 5.13 Å². The van der Waals surface area contributed by atoms with E-state index in [1.165, 1.54) is 23.5 Å². The molecule has 1 fully saturated rings. The van der Waals surface area contributed by atoms with E-state index in [1.807, 2.05) is 6.07 Å². The molecule has 0 bridgehead atoms. The van der Waals surface area contributed by atoms with E-state index in [4.69, 9.17) is 0 Å². The maximum atomic E-state index is 13.2. The lowest BCUT2D eigenvalue weighted by Crippen LogP contribution is -2.48. The normalized spacial score (nSPS) is 15.6. The van der Waals surface area contributed by atoms with Gasteiger partial charge in [0.25, 0.3) is 0 Å². The van der Waals surface area contributed by atoms with Crippen molar-refractivity contribution in [2.45, 2.75) is 0 Å². The molecule has 0 aliphatic carbocycles. The van der Waals surface area contributed by atoms with Crippen LogP contribution in [-0.4, -0.2) is 59.1 Å². The standard InChI is InChI=1S/C17H19FN6S/c18-13-2-3-14-15(12-13)25-17(22-14)21-6-7-23-8-10-24(11-9-23)16-19-4-1-5-20-16/h1-5,12H,6-11H2,(H,21,22). The van der Waals surface area contributed by atoms with Crippen molar-refractivity contribution in [1.82, 2.24) is 19.9 Å². The zero-order valence-electron chi connectivity index (χ0n) is 13.7. The third-order valence-electron chi connectivity index (χ3n) is 4.26. The fourth-order valence-electron chi connectivity index (χ4n) is 2.92. The lowest BCUT2D eigenvalue weighted by molar-refractivity contribution is 0.266. The molecule has 1 N–H and O–H groups in total. The molecule has 1 aliphatic heterocycles. The summed E-state index contributed by atoms with van der Waals surface area (Å²) in [5.74, 6) is 0.588. The lowest BCUT2D eigenvalue weighted by Gasteiger charge is -2.34. The van der Waals surface area contributed by atoms with Crippen LogP contribution in [0.15, 0.2) is 36.7 Å². The molecule has 8 heteroatoms. The smallest absolute Gasteiger partial charge is 0.225 e. The van der Waals surface area contributed by atoms with Crippen molar-refractivity contribution < 1.29 is 4.39 Å². The van der Waals surface area contributed by atoms with Gasteiger partial charge in [0.05, 0.1) is 10.2 Å². The molecule has 0 saturated carbocycles. The summed E-state index contributed by atoms with van der Waals surface area (Å²) in [5.41, 5.74) is 0.838. The first-order chi connectivity index (χ1) is 12.3. The van der Waals surface area contributed by atoms with Gasteiger partial charge >= 0.3 is 0 Å². The Bertz CT molecular complexity index is 832. The third kappa shape index (κ3) is 3.85. The number of aromatic nitrogens is 3. The molecule has 130 valence electrons. The molecule has 0 spiro atoms. The molecule has 6 nitrogen and oxygen atoms in total. The van der Waals surface area contributed by atoms with Crippen LogP contribution in [0.3, 0.4) is 0 Å². The molecule has 3 aromatic rings. The molecule has 0 atom stereocenters. The van der Waals surface area contributed by atoms with Gasteiger partial charge in [-0.3, -0.25) is 4.90 Å². The van der Waals surface area contributed by atoms with Gasteiger partial charge in [-0.2, -0.15) is 0 Å². The summed E-state index contributed by atoms with van der Waals surface area (Å²) in [5, 5.41) is 4.19. The molecule has 1 aliphatic rings. The van der Waals surface area contributed by atoms with E-state index in [2.05, 4.69) is 30.1 Å². The minimum absolute atomic E-state index is 0.219. The molecule has 0 amide bonds. The number of thiazole rings is 1. The molecular weight excluding hydrogens is 339 g/mol. The van der Waals surface area contributed by atoms with Crippen LogP contribution in [0.25, 0.3) is 10.2 Å². The van der Waals surface area contributed by atoms with Crippen molar-refractivity contribution in [2.75, 3.05) is 49.5 Å². The molecule has 0 radical (unpaired) electrons. The summed E-state index contributed by atoms with van der Waals surface area (Å²) in [6, 6.07) is 6.53. The van der Waals surface area contributed by atoms with Crippen LogP contribution in [0.4, 0.5) is 15.5 Å². The second kappa shape index (κ2) is 7.28. The molecule has 25 heavy (non-hydrogen) atoms. The van der Waals surface area contributed by atoms with E-state index >= 15 is 0 Å². The number of fused-ring (bicyclic) bond motifs is 1. The van der Waals surface area contributed by atoms with Crippen molar-refractivity contribution in [2.24, 2.45) is 0 Å². The van der Waals surface area contributed by atoms with Crippen LogP contribution in [0.2, 0.25) is 0 Å². The van der Waals surface area contributed by atoms with Crippen molar-refractivity contribution in [3.05, 3.63) is 42.5 Å². The number of nitrogens with zero attached hydrogens (tertiary/aromatic N) is 5. The second-order valence-corrected chi connectivity index (χ2v) is 6.97. The van der Waals surface area contributed by atoms with Gasteiger partial charge in [0, 0.05) is 51.7 Å². The number of rotatable bonds is 5. The number of hydrogen-bond donors (Lipinski definition) is 1. The summed E-state index contributed by atoms with van der Waals surface area (Å²) >= 11 is 1.49. The molecule has 1 saturated heterocycles. The highest BCUT2D eigenvalue weighted by Crippen LogP contribution is 2.26. The third-order valence-corrected chi connectivity index (χ3v) is 5.24. The Morgan fingerprint density at radius 2 is 1.92 bits per heavy atom. The van der Waals surface area contributed by atoms with Gasteiger partial charge in [0.2, 0.25) is 5.95 Å². The fraction of sp³-hybridized carbons (Fsp3) is 0.353. The summed E-state index contributed by atoms with van der Waals surface area (Å²) in [6.45, 7) is 5.63. The van der Waals surface area contributed by atoms with E-state index in [0.29, 0.717) is 0 Å². The highest BCUT2D eigenvalue weighted by molar-refractivity contribution is 7.22. The predicted molar refractivity (Wildman–Crippen MR) is 98.8 cm³/mol. The molecule has 0 unspecified atom stereocenters. The minimum atomic E-state index is -0.219. The van der Waals surface area contributed by atoms with Crippen molar-refractivity contribution in [3.8, 4) is 0 Å². The van der Waals surface area contributed by atoms with Gasteiger partial charge < -0.3 is 10.2 Å². The summed E-state index contributed by atoms with van der Waals surface area (Å²) in [4.78, 5) is 17.7. The molecule has 3 heterocycles. The number of piperazine rings is 1. The Morgan fingerprint density at radius 1 is 1.12 bits per heavy atom. The highest BCUT2D eigenvalue weighted by Gasteiger charge is 2.18. The second-order valence-electron chi connectivity index (χ2n) is 5.94. The van der Waals surface area contributed by atoms with Gasteiger partial charge in [0.1, 0.15) is 5.82 Å². The summed E-state index contributed by atoms with van der Waals surface area (Å²) in [6.07, 6.45) is 3.56. The van der Waals surface area contributed by atoms with Crippen LogP contribution in [0, 0.1) is 5.82 Å². The topological polar surface area (TPSA) is 57.2 Å². The quantitative estimate of drug-likeness (QED) is 0.756. The zero-order chi connectivity index (χ0) is 17.1. The first-order valence-electron chi connectivity index (χ1n) is 8.32. The Kier molecular flexibility index (Phi) is 4.71. The van der Waals surface area contributed by atoms with E-state index in [1.54, 1.807) is 18.5 Å². The first-order valence-corrected chi connectivity index (χ1v) is 9.14. The summed E-state index contributed by atoms with van der Waals surface area (Å²) in [7, 11) is 0. The average Bonchev–Trinajstić information content (AvgIpc) is 3.05. The Balaban J connectivity index is 1.25. The van der Waals surface area contributed by atoms with E-state index in [0.717, 1.165) is 60.6 Å². The monoisotopic (exact) mass is 358 g/mol. The number of benzene rings is 1. The van der Waals surface area contributed by atoms with Crippen molar-refractivity contribution >= 4 is 32.6 Å². The van der Waals surface area contributed by atoms with Gasteiger partial charge in [-0.15, -0.1) is 0 Å². The Labute approximate surface area is 149 Å². The fourth-order valence-corrected chi connectivity index (χ4v) is 3.84. The van der Waals surface area contributed by atoms with Gasteiger partial charge in [-0.25, -0.2) is 19.3 Å². The maximum absolute atomic E-state index is 13.2. The van der Waals surface area contributed by atoms with Crippen molar-refractivity contribution in [3.63, 3.8) is 0 Å². The molecule has 4 rings (SSSR count). The number of hydrogen-bond acceptors (Lipinski definition) is 7. The minimum Gasteiger partial charge on any atom is -0.360 e. The van der Waals surface area contributed by atoms with Crippen LogP contribution < -0.4 is 10.2 Å². The number of anilines is 2. The van der Waals surface area contributed by atoms with E-state index in [9.17, 15) is 4.39 Å². The summed E-state index contributed by atoms with van der Waals surface area (Å²) < 4.78 is 14.1. The Morgan fingerprint density at radius 3 is 2.72 bits per heavy atom. The van der Waals surface area contributed by atoms with E-state index < -0.39 is 0 Å². The van der Waals surface area contributed by atoms with Crippen molar-refractivity contribution in [1.29, 1.82) is 0 Å². The first kappa shape index (κ1) is 16.2. The zero-order valence-corrected chi connectivity index (χ0v) is 14.5. The average molecular weight is 358 g/mol. The van der Waals surface area contributed by atoms with Crippen LogP contribution in [0.5, 0.6) is 0 Å². The van der Waals surface area contributed by atoms with E-state index in [-0.39, 0.29) is 5.82 Å². The molecular formula is C17H19FN6S. The van der Waals surface area contributed by atoms with Crippen LogP contribution in [-0.2, 0) is 0 Å². The largest absolute Gasteiger partial charge is 0.360 e. The van der Waals surface area contributed by atoms with Gasteiger partial charge in [-0.1, -0.05) is 11.3 Å². The highest BCUT2D eigenvalue weighted by atomic mass is 32.1. The van der Waals surface area contributed by atoms with Crippen LogP contribution in [0.1, 0.15) is 0 Å². The predicted octanol–water partition coefficient (Wildman–Crippen LogP) is 2.46. The number of halogens is 1. The SMILES string of the molecule is Fc1ccc2nc(NCCN3CCN(c4ncccn4)CC3)sc2c1. The lowest BCUT2D eigenvalue weighted by atomic mass is 10.3. The van der Waals surface area contributed by atoms with Gasteiger partial charge in [-0.05, 0) is 24.3 Å².